The summed E-state index contributed by atoms with van der Waals surface area (Å²) in [5.74, 6) is 2.09. The largest absolute Gasteiger partial charge is 0.493 e. The van der Waals surface area contributed by atoms with Gasteiger partial charge in [0, 0.05) is 17.7 Å². The van der Waals surface area contributed by atoms with Crippen LogP contribution in [-0.4, -0.2) is 42.2 Å². The van der Waals surface area contributed by atoms with Crippen LogP contribution in [0.25, 0.3) is 11.5 Å². The molecule has 8 heteroatoms. The summed E-state index contributed by atoms with van der Waals surface area (Å²) in [6.07, 6.45) is 1.14. The molecule has 1 aliphatic heterocycles. The quantitative estimate of drug-likeness (QED) is 0.588. The molecule has 0 aliphatic carbocycles. The number of esters is 1. The maximum Gasteiger partial charge on any atom is 0.306 e. The molecule has 2 heterocycles. The van der Waals surface area contributed by atoms with Crippen molar-refractivity contribution in [3.05, 3.63) is 18.2 Å². The molecule has 1 aromatic carbocycles. The van der Waals surface area contributed by atoms with Crippen molar-refractivity contribution in [2.45, 2.75) is 24.2 Å². The minimum absolute atomic E-state index is 0.0797. The highest BCUT2D eigenvalue weighted by atomic mass is 32.2. The van der Waals surface area contributed by atoms with Crippen LogP contribution in [0.15, 0.2) is 27.8 Å². The van der Waals surface area contributed by atoms with Gasteiger partial charge in [-0.25, -0.2) is 0 Å². The van der Waals surface area contributed by atoms with E-state index in [1.54, 1.807) is 26.4 Å². The Morgan fingerprint density at radius 1 is 1.26 bits per heavy atom. The van der Waals surface area contributed by atoms with E-state index >= 15 is 0 Å². The van der Waals surface area contributed by atoms with E-state index in [0.717, 1.165) is 12.0 Å². The summed E-state index contributed by atoms with van der Waals surface area (Å²) in [6.45, 7) is 0. The maximum atomic E-state index is 11.1. The summed E-state index contributed by atoms with van der Waals surface area (Å²) in [7, 11) is 3.15. The number of nitrogens with zero attached hydrogens (tertiary/aromatic N) is 2. The van der Waals surface area contributed by atoms with Crippen LogP contribution in [0.2, 0.25) is 0 Å². The van der Waals surface area contributed by atoms with Crippen molar-refractivity contribution in [3.8, 4) is 23.0 Å². The van der Waals surface area contributed by atoms with E-state index in [1.807, 2.05) is 6.07 Å². The molecule has 0 unspecified atom stereocenters. The van der Waals surface area contributed by atoms with Gasteiger partial charge in [-0.1, -0.05) is 11.8 Å². The molecule has 23 heavy (non-hydrogen) atoms. The molecule has 0 amide bonds. The SMILES string of the molecule is COc1ccc(-c2nnc(SC[C@H]3CCC(=O)O3)o2)cc1OC. The van der Waals surface area contributed by atoms with E-state index in [0.29, 0.717) is 34.8 Å². The van der Waals surface area contributed by atoms with Gasteiger partial charge in [0.25, 0.3) is 5.22 Å². The lowest BCUT2D eigenvalue weighted by molar-refractivity contribution is -0.140. The third-order valence-electron chi connectivity index (χ3n) is 3.40. The molecule has 7 nitrogen and oxygen atoms in total. The number of thioether (sulfide) groups is 1. The highest BCUT2D eigenvalue weighted by Crippen LogP contribution is 2.33. The number of benzene rings is 1. The lowest BCUT2D eigenvalue weighted by atomic mass is 10.2. The second kappa shape index (κ2) is 6.91. The Morgan fingerprint density at radius 3 is 2.78 bits per heavy atom. The molecule has 122 valence electrons. The molecule has 1 aromatic heterocycles. The minimum Gasteiger partial charge on any atom is -0.493 e. The topological polar surface area (TPSA) is 83.7 Å². The first-order valence-corrected chi connectivity index (χ1v) is 8.06. The van der Waals surface area contributed by atoms with Gasteiger partial charge < -0.3 is 18.6 Å². The van der Waals surface area contributed by atoms with Gasteiger partial charge in [0.1, 0.15) is 6.10 Å². The summed E-state index contributed by atoms with van der Waals surface area (Å²) < 4.78 is 21.2. The van der Waals surface area contributed by atoms with E-state index in [9.17, 15) is 4.79 Å². The lowest BCUT2D eigenvalue weighted by Crippen LogP contribution is -2.09. The minimum atomic E-state index is -0.146. The molecule has 0 saturated carbocycles. The van der Waals surface area contributed by atoms with Gasteiger partial charge >= 0.3 is 5.97 Å². The van der Waals surface area contributed by atoms with Crippen molar-refractivity contribution in [1.29, 1.82) is 0 Å². The predicted octanol–water partition coefficient (Wildman–Crippen LogP) is 2.55. The number of rotatable bonds is 6. The standard InChI is InChI=1S/C15H16N2O5S/c1-19-11-5-3-9(7-12(11)20-2)14-16-17-15(22-14)23-8-10-4-6-13(18)21-10/h3,5,7,10H,4,6,8H2,1-2H3/t10-/m1/s1. The van der Waals surface area contributed by atoms with E-state index in [-0.39, 0.29) is 12.1 Å². The predicted molar refractivity (Wildman–Crippen MR) is 82.7 cm³/mol. The molecule has 1 aliphatic rings. The smallest absolute Gasteiger partial charge is 0.306 e. The zero-order valence-corrected chi connectivity index (χ0v) is 13.6. The highest BCUT2D eigenvalue weighted by molar-refractivity contribution is 7.99. The Kier molecular flexibility index (Phi) is 4.71. The van der Waals surface area contributed by atoms with E-state index in [2.05, 4.69) is 10.2 Å². The second-order valence-electron chi connectivity index (χ2n) is 4.90. The van der Waals surface area contributed by atoms with Crippen molar-refractivity contribution in [2.75, 3.05) is 20.0 Å². The Morgan fingerprint density at radius 2 is 2.09 bits per heavy atom. The number of aromatic nitrogens is 2. The molecule has 0 N–H and O–H groups in total. The summed E-state index contributed by atoms with van der Waals surface area (Å²) in [5, 5.41) is 8.48. The molecule has 2 aromatic rings. The van der Waals surface area contributed by atoms with Gasteiger partial charge in [-0.05, 0) is 24.6 Å². The zero-order chi connectivity index (χ0) is 16.2. The third kappa shape index (κ3) is 3.58. The maximum absolute atomic E-state index is 11.1. The molecule has 1 saturated heterocycles. The first-order chi connectivity index (χ1) is 11.2. The summed E-state index contributed by atoms with van der Waals surface area (Å²) in [6, 6.07) is 5.38. The van der Waals surface area contributed by atoms with Crippen molar-refractivity contribution < 1.29 is 23.4 Å². The number of ether oxygens (including phenoxy) is 3. The molecule has 1 atom stereocenters. The van der Waals surface area contributed by atoms with Crippen LogP contribution < -0.4 is 9.47 Å². The number of carbonyl (C=O) groups is 1. The fourth-order valence-corrected chi connectivity index (χ4v) is 3.02. The van der Waals surface area contributed by atoms with Gasteiger partial charge in [0.15, 0.2) is 11.5 Å². The summed E-state index contributed by atoms with van der Waals surface area (Å²) in [5.41, 5.74) is 0.745. The highest BCUT2D eigenvalue weighted by Gasteiger charge is 2.24. The third-order valence-corrected chi connectivity index (χ3v) is 4.35. The number of methoxy groups -OCH3 is 2. The van der Waals surface area contributed by atoms with Crippen LogP contribution in [0.5, 0.6) is 11.5 Å². The second-order valence-corrected chi connectivity index (χ2v) is 5.88. The van der Waals surface area contributed by atoms with Crippen LogP contribution in [0.1, 0.15) is 12.8 Å². The Balaban J connectivity index is 1.68. The number of carbonyl (C=O) groups excluding carboxylic acids is 1. The summed E-state index contributed by atoms with van der Waals surface area (Å²) in [4.78, 5) is 11.1. The van der Waals surface area contributed by atoms with Gasteiger partial charge in [-0.3, -0.25) is 4.79 Å². The average molecular weight is 336 g/mol. The van der Waals surface area contributed by atoms with E-state index < -0.39 is 0 Å². The fraction of sp³-hybridized carbons (Fsp3) is 0.400. The van der Waals surface area contributed by atoms with Crippen molar-refractivity contribution in [3.63, 3.8) is 0 Å². The molecule has 3 rings (SSSR count). The zero-order valence-electron chi connectivity index (χ0n) is 12.8. The molecular weight excluding hydrogens is 320 g/mol. The van der Waals surface area contributed by atoms with Gasteiger partial charge in [-0.15, -0.1) is 10.2 Å². The van der Waals surface area contributed by atoms with Crippen LogP contribution in [0, 0.1) is 0 Å². The first-order valence-electron chi connectivity index (χ1n) is 7.08. The monoisotopic (exact) mass is 336 g/mol. The van der Waals surface area contributed by atoms with Crippen molar-refractivity contribution in [1.82, 2.24) is 10.2 Å². The van der Waals surface area contributed by atoms with Gasteiger partial charge in [0.2, 0.25) is 5.89 Å². The Hall–Kier alpha value is -2.22. The van der Waals surface area contributed by atoms with Crippen LogP contribution in [-0.2, 0) is 9.53 Å². The van der Waals surface area contributed by atoms with Gasteiger partial charge in [0.05, 0.1) is 14.2 Å². The van der Waals surface area contributed by atoms with Crippen molar-refractivity contribution >= 4 is 17.7 Å². The van der Waals surface area contributed by atoms with Crippen LogP contribution in [0.3, 0.4) is 0 Å². The van der Waals surface area contributed by atoms with E-state index in [1.165, 1.54) is 11.8 Å². The molecule has 0 bridgehead atoms. The number of hydrogen-bond acceptors (Lipinski definition) is 8. The molecule has 0 spiro atoms. The Bertz CT molecular complexity index is 703. The molecule has 0 radical (unpaired) electrons. The van der Waals surface area contributed by atoms with Crippen LogP contribution >= 0.6 is 11.8 Å². The first kappa shape index (κ1) is 15.7. The van der Waals surface area contributed by atoms with E-state index in [4.69, 9.17) is 18.6 Å². The molecule has 1 fully saturated rings. The normalized spacial score (nSPS) is 17.1. The average Bonchev–Trinajstić information content (AvgIpc) is 3.21. The molecular formula is C15H16N2O5S. The summed E-state index contributed by atoms with van der Waals surface area (Å²) >= 11 is 1.38. The number of hydrogen-bond donors (Lipinski definition) is 0. The van der Waals surface area contributed by atoms with Gasteiger partial charge in [-0.2, -0.15) is 0 Å². The lowest BCUT2D eigenvalue weighted by Gasteiger charge is -2.07. The van der Waals surface area contributed by atoms with Crippen LogP contribution in [0.4, 0.5) is 0 Å². The van der Waals surface area contributed by atoms with Crippen molar-refractivity contribution in [2.24, 2.45) is 0 Å². The Labute approximate surface area is 137 Å². The number of cyclic esters (lactones) is 1. The fourth-order valence-electron chi connectivity index (χ4n) is 2.22.